The van der Waals surface area contributed by atoms with Crippen LogP contribution in [0.15, 0.2) is 54.6 Å². The van der Waals surface area contributed by atoms with E-state index in [0.29, 0.717) is 22.5 Å². The molecule has 1 heterocycles. The topological polar surface area (TPSA) is 90.4 Å². The van der Waals surface area contributed by atoms with E-state index in [4.69, 9.17) is 9.47 Å². The molecule has 0 radical (unpaired) electrons. The summed E-state index contributed by atoms with van der Waals surface area (Å²) in [5.74, 6) is -0.646. The number of anilines is 1. The number of carbonyl (C=O) groups excluding carboxylic acids is 2. The first kappa shape index (κ1) is 23.7. The highest BCUT2D eigenvalue weighted by Crippen LogP contribution is 2.30. The minimum absolute atomic E-state index is 0.102. The first-order valence-corrected chi connectivity index (χ1v) is 9.89. The Morgan fingerprint density at radius 3 is 2.27 bits per heavy atom. The minimum atomic E-state index is -4.44. The van der Waals surface area contributed by atoms with Crippen molar-refractivity contribution in [2.24, 2.45) is 0 Å². The average Bonchev–Trinajstić information content (AvgIpc) is 2.77. The van der Waals surface area contributed by atoms with Crippen molar-refractivity contribution in [2.45, 2.75) is 20.0 Å². The van der Waals surface area contributed by atoms with E-state index < -0.39 is 23.6 Å². The van der Waals surface area contributed by atoms with Gasteiger partial charge in [-0.05, 0) is 50.2 Å². The van der Waals surface area contributed by atoms with Crippen LogP contribution in [0.4, 0.5) is 18.9 Å². The lowest BCUT2D eigenvalue weighted by Crippen LogP contribution is -2.20. The largest absolute Gasteiger partial charge is 0.467 e. The molecule has 0 saturated heterocycles. The fraction of sp³-hybridized carbons (Fsp3) is 0.217. The fourth-order valence-corrected chi connectivity index (χ4v) is 2.79. The lowest BCUT2D eigenvalue weighted by atomic mass is 10.1. The zero-order chi connectivity index (χ0) is 24.0. The van der Waals surface area contributed by atoms with Gasteiger partial charge in [-0.2, -0.15) is 18.2 Å². The molecule has 0 bridgehead atoms. The number of nitrogens with one attached hydrogen (secondary N) is 1. The van der Waals surface area contributed by atoms with Gasteiger partial charge in [0, 0.05) is 23.0 Å². The second-order valence-electron chi connectivity index (χ2n) is 6.88. The van der Waals surface area contributed by atoms with Crippen molar-refractivity contribution >= 4 is 17.6 Å². The van der Waals surface area contributed by atoms with Crippen LogP contribution < -0.4 is 10.1 Å². The zero-order valence-electron chi connectivity index (χ0n) is 17.8. The highest BCUT2D eigenvalue weighted by atomic mass is 19.4. The monoisotopic (exact) mass is 459 g/mol. The van der Waals surface area contributed by atoms with Gasteiger partial charge in [-0.1, -0.05) is 12.1 Å². The molecule has 0 unspecified atom stereocenters. The van der Waals surface area contributed by atoms with Crippen LogP contribution in [-0.2, 0) is 15.7 Å². The summed E-state index contributed by atoms with van der Waals surface area (Å²) < 4.78 is 48.6. The van der Waals surface area contributed by atoms with E-state index in [2.05, 4.69) is 15.3 Å². The van der Waals surface area contributed by atoms with Gasteiger partial charge in [0.05, 0.1) is 17.7 Å². The Morgan fingerprint density at radius 1 is 1.00 bits per heavy atom. The summed E-state index contributed by atoms with van der Waals surface area (Å²) in [4.78, 5) is 32.3. The highest BCUT2D eigenvalue weighted by molar-refractivity contribution is 5.93. The van der Waals surface area contributed by atoms with Gasteiger partial charge in [-0.15, -0.1) is 0 Å². The number of esters is 1. The molecule has 2 aromatic carbocycles. The van der Waals surface area contributed by atoms with E-state index in [1.807, 2.05) is 0 Å². The van der Waals surface area contributed by atoms with Crippen LogP contribution in [0.5, 0.6) is 5.88 Å². The fourth-order valence-electron chi connectivity index (χ4n) is 2.79. The molecule has 0 fully saturated rings. The maximum absolute atomic E-state index is 12.8. The molecule has 0 aliphatic heterocycles. The maximum atomic E-state index is 12.8. The number of benzene rings is 2. The Kier molecular flexibility index (Phi) is 7.27. The van der Waals surface area contributed by atoms with E-state index in [1.54, 1.807) is 26.0 Å². The first-order chi connectivity index (χ1) is 15.7. The van der Waals surface area contributed by atoms with Crippen molar-refractivity contribution in [3.05, 3.63) is 71.4 Å². The SMILES string of the molecule is CCOC(=O)c1ccc(NC(=O)COc2cc(C)nc(-c3ccc(C(F)(F)F)cc3)n2)cc1. The first-order valence-electron chi connectivity index (χ1n) is 9.89. The van der Waals surface area contributed by atoms with Gasteiger partial charge in [0.2, 0.25) is 5.88 Å². The van der Waals surface area contributed by atoms with E-state index in [0.717, 1.165) is 12.1 Å². The molecule has 0 spiro atoms. The second kappa shape index (κ2) is 10.1. The number of aryl methyl sites for hydroxylation is 1. The van der Waals surface area contributed by atoms with Crippen molar-refractivity contribution < 1.29 is 32.2 Å². The number of nitrogens with zero attached hydrogens (tertiary/aromatic N) is 2. The molecular formula is C23H20F3N3O4. The van der Waals surface area contributed by atoms with Crippen molar-refractivity contribution in [1.29, 1.82) is 0 Å². The van der Waals surface area contributed by atoms with Crippen molar-refractivity contribution in [3.63, 3.8) is 0 Å². The van der Waals surface area contributed by atoms with Crippen LogP contribution in [0.1, 0.15) is 28.5 Å². The summed E-state index contributed by atoms with van der Waals surface area (Å²) in [5, 5.41) is 2.63. The van der Waals surface area contributed by atoms with Gasteiger partial charge in [-0.25, -0.2) is 9.78 Å². The summed E-state index contributed by atoms with van der Waals surface area (Å²) in [7, 11) is 0. The second-order valence-corrected chi connectivity index (χ2v) is 6.88. The third-order valence-corrected chi connectivity index (χ3v) is 4.33. The number of hydrogen-bond acceptors (Lipinski definition) is 6. The molecule has 0 saturated carbocycles. The summed E-state index contributed by atoms with van der Waals surface area (Å²) in [6, 6.07) is 12.1. The number of amides is 1. The van der Waals surface area contributed by atoms with Crippen LogP contribution in [0.25, 0.3) is 11.4 Å². The molecule has 1 N–H and O–H groups in total. The van der Waals surface area contributed by atoms with Gasteiger partial charge in [0.15, 0.2) is 12.4 Å². The lowest BCUT2D eigenvalue weighted by Gasteiger charge is -2.10. The number of aromatic nitrogens is 2. The van der Waals surface area contributed by atoms with Crippen molar-refractivity contribution in [2.75, 3.05) is 18.5 Å². The Bertz CT molecular complexity index is 1130. The summed E-state index contributed by atoms with van der Waals surface area (Å²) in [6.45, 7) is 3.28. The van der Waals surface area contributed by atoms with E-state index >= 15 is 0 Å². The molecule has 1 aromatic heterocycles. The Labute approximate surface area is 187 Å². The molecule has 3 aromatic rings. The third kappa shape index (κ3) is 6.52. The molecular weight excluding hydrogens is 439 g/mol. The van der Waals surface area contributed by atoms with Gasteiger partial charge in [-0.3, -0.25) is 4.79 Å². The molecule has 33 heavy (non-hydrogen) atoms. The van der Waals surface area contributed by atoms with Gasteiger partial charge in [0.25, 0.3) is 5.91 Å². The van der Waals surface area contributed by atoms with Crippen LogP contribution in [-0.4, -0.2) is 35.1 Å². The molecule has 0 aliphatic rings. The van der Waals surface area contributed by atoms with Gasteiger partial charge in [0.1, 0.15) is 0 Å². The summed E-state index contributed by atoms with van der Waals surface area (Å²) >= 11 is 0. The molecule has 3 rings (SSSR count). The number of alkyl halides is 3. The third-order valence-electron chi connectivity index (χ3n) is 4.33. The number of halogens is 3. The van der Waals surface area contributed by atoms with Crippen LogP contribution in [0, 0.1) is 6.92 Å². The van der Waals surface area contributed by atoms with E-state index in [-0.39, 0.29) is 24.9 Å². The molecule has 172 valence electrons. The Balaban J connectivity index is 1.63. The highest BCUT2D eigenvalue weighted by Gasteiger charge is 2.30. The van der Waals surface area contributed by atoms with E-state index in [9.17, 15) is 22.8 Å². The smallest absolute Gasteiger partial charge is 0.416 e. The normalized spacial score (nSPS) is 11.1. The molecule has 0 atom stereocenters. The minimum Gasteiger partial charge on any atom is -0.467 e. The Hall–Kier alpha value is -3.95. The number of ether oxygens (including phenoxy) is 2. The summed E-state index contributed by atoms with van der Waals surface area (Å²) in [6.07, 6.45) is -4.44. The predicted octanol–water partition coefficient (Wildman–Crippen LogP) is 4.67. The lowest BCUT2D eigenvalue weighted by molar-refractivity contribution is -0.137. The van der Waals surface area contributed by atoms with Crippen molar-refractivity contribution in [1.82, 2.24) is 9.97 Å². The van der Waals surface area contributed by atoms with Crippen LogP contribution in [0.2, 0.25) is 0 Å². The van der Waals surface area contributed by atoms with Crippen LogP contribution >= 0.6 is 0 Å². The van der Waals surface area contributed by atoms with Gasteiger partial charge < -0.3 is 14.8 Å². The van der Waals surface area contributed by atoms with Gasteiger partial charge >= 0.3 is 12.1 Å². The quantitative estimate of drug-likeness (QED) is 0.517. The predicted molar refractivity (Wildman–Crippen MR) is 114 cm³/mol. The number of carbonyl (C=O) groups is 2. The van der Waals surface area contributed by atoms with E-state index in [1.165, 1.54) is 30.3 Å². The molecule has 1 amide bonds. The molecule has 0 aliphatic carbocycles. The zero-order valence-corrected chi connectivity index (χ0v) is 17.8. The maximum Gasteiger partial charge on any atom is 0.416 e. The average molecular weight is 459 g/mol. The molecule has 7 nitrogen and oxygen atoms in total. The van der Waals surface area contributed by atoms with Crippen LogP contribution in [0.3, 0.4) is 0 Å². The van der Waals surface area contributed by atoms with Crippen molar-refractivity contribution in [3.8, 4) is 17.3 Å². The standard InChI is InChI=1S/C23H20F3N3O4/c1-3-32-22(31)16-6-10-18(11-7-16)28-19(30)13-33-20-12-14(2)27-21(29-20)15-4-8-17(9-5-15)23(24,25)26/h4-12H,3,13H2,1-2H3,(H,28,30). The molecule has 10 heteroatoms. The Morgan fingerprint density at radius 2 is 1.67 bits per heavy atom. The summed E-state index contributed by atoms with van der Waals surface area (Å²) in [5.41, 5.74) is 0.939. The number of hydrogen-bond donors (Lipinski definition) is 1. The number of rotatable bonds is 7.